The van der Waals surface area contributed by atoms with Gasteiger partial charge in [-0.2, -0.15) is 5.10 Å². The maximum Gasteiger partial charge on any atom is 0.0828 e. The number of hydrogen-bond acceptors (Lipinski definition) is 3. The minimum absolute atomic E-state index is 0.753. The molecule has 2 N–H and O–H groups in total. The van der Waals surface area contributed by atoms with Gasteiger partial charge in [-0.15, -0.1) is 0 Å². The van der Waals surface area contributed by atoms with Crippen LogP contribution in [0.15, 0.2) is 61.2 Å². The van der Waals surface area contributed by atoms with Crippen molar-refractivity contribution in [3.05, 3.63) is 61.2 Å². The first-order valence-corrected chi connectivity index (χ1v) is 5.64. The van der Waals surface area contributed by atoms with Crippen molar-refractivity contribution in [2.45, 2.75) is 0 Å². The van der Waals surface area contributed by atoms with Crippen LogP contribution in [0.4, 0.5) is 5.69 Å². The molecule has 0 amide bonds. The molecule has 4 heteroatoms. The average Bonchev–Trinajstić information content (AvgIpc) is 2.90. The van der Waals surface area contributed by atoms with Crippen LogP contribution in [0.2, 0.25) is 0 Å². The Morgan fingerprint density at radius 3 is 2.67 bits per heavy atom. The zero-order valence-corrected chi connectivity index (χ0v) is 9.69. The lowest BCUT2D eigenvalue weighted by Gasteiger charge is -2.01. The molecule has 2 aromatic heterocycles. The lowest BCUT2D eigenvalue weighted by atomic mass is 10.1. The number of nitrogens with two attached hydrogens (primary N) is 1. The van der Waals surface area contributed by atoms with Crippen LogP contribution in [0.25, 0.3) is 16.8 Å². The number of aromatic nitrogens is 3. The molecule has 0 spiro atoms. The molecule has 0 fully saturated rings. The van der Waals surface area contributed by atoms with Gasteiger partial charge in [0.05, 0.1) is 18.1 Å². The highest BCUT2D eigenvalue weighted by Crippen LogP contribution is 2.25. The molecule has 0 unspecified atom stereocenters. The summed E-state index contributed by atoms with van der Waals surface area (Å²) in [5.74, 6) is 0. The minimum Gasteiger partial charge on any atom is -0.398 e. The van der Waals surface area contributed by atoms with E-state index in [1.807, 2.05) is 42.6 Å². The maximum absolute atomic E-state index is 5.95. The number of hydrogen-bond donors (Lipinski definition) is 1. The number of pyridine rings is 1. The largest absolute Gasteiger partial charge is 0.398 e. The number of nitrogen functional groups attached to an aromatic ring is 1. The Morgan fingerprint density at radius 2 is 1.89 bits per heavy atom. The smallest absolute Gasteiger partial charge is 0.0828 e. The van der Waals surface area contributed by atoms with Crippen LogP contribution in [0.1, 0.15) is 0 Å². The lowest BCUT2D eigenvalue weighted by molar-refractivity contribution is 0.874. The summed E-state index contributed by atoms with van der Waals surface area (Å²) in [6.07, 6.45) is 7.26. The molecule has 0 saturated heterocycles. The lowest BCUT2D eigenvalue weighted by Crippen LogP contribution is -1.93. The number of rotatable bonds is 2. The van der Waals surface area contributed by atoms with Gasteiger partial charge in [-0.25, -0.2) is 4.68 Å². The summed E-state index contributed by atoms with van der Waals surface area (Å²) in [6.45, 7) is 0. The van der Waals surface area contributed by atoms with Crippen molar-refractivity contribution in [3.63, 3.8) is 0 Å². The van der Waals surface area contributed by atoms with Crippen molar-refractivity contribution in [2.75, 3.05) is 5.73 Å². The zero-order valence-electron chi connectivity index (χ0n) is 9.69. The third-order valence-electron chi connectivity index (χ3n) is 2.76. The van der Waals surface area contributed by atoms with Gasteiger partial charge < -0.3 is 5.73 Å². The first-order chi connectivity index (χ1) is 8.84. The molecule has 0 atom stereocenters. The van der Waals surface area contributed by atoms with Crippen LogP contribution in [-0.4, -0.2) is 14.8 Å². The van der Waals surface area contributed by atoms with Gasteiger partial charge >= 0.3 is 0 Å². The SMILES string of the molecule is Nc1ccccc1-c1cnn(-c2cccnc2)c1. The number of para-hydroxylation sites is 1. The highest BCUT2D eigenvalue weighted by molar-refractivity contribution is 5.75. The Balaban J connectivity index is 2.03. The molecule has 0 bridgehead atoms. The highest BCUT2D eigenvalue weighted by Gasteiger charge is 2.05. The molecule has 2 heterocycles. The van der Waals surface area contributed by atoms with Gasteiger partial charge in [0.25, 0.3) is 0 Å². The molecule has 0 aliphatic heterocycles. The quantitative estimate of drug-likeness (QED) is 0.695. The van der Waals surface area contributed by atoms with Crippen molar-refractivity contribution >= 4 is 5.69 Å². The van der Waals surface area contributed by atoms with Crippen molar-refractivity contribution in [3.8, 4) is 16.8 Å². The minimum atomic E-state index is 0.753. The summed E-state index contributed by atoms with van der Waals surface area (Å²) in [4.78, 5) is 4.08. The van der Waals surface area contributed by atoms with Crippen LogP contribution < -0.4 is 5.73 Å². The van der Waals surface area contributed by atoms with E-state index in [2.05, 4.69) is 10.1 Å². The van der Waals surface area contributed by atoms with Gasteiger partial charge in [-0.1, -0.05) is 18.2 Å². The predicted molar refractivity (Wildman–Crippen MR) is 71.2 cm³/mol. The molecule has 0 aliphatic carbocycles. The number of benzene rings is 1. The average molecular weight is 236 g/mol. The van der Waals surface area contributed by atoms with E-state index in [0.717, 1.165) is 22.5 Å². The molecule has 88 valence electrons. The summed E-state index contributed by atoms with van der Waals surface area (Å²) in [7, 11) is 0. The molecule has 4 nitrogen and oxygen atoms in total. The molecule has 0 radical (unpaired) electrons. The fourth-order valence-electron chi connectivity index (χ4n) is 1.85. The Kier molecular flexibility index (Phi) is 2.53. The van der Waals surface area contributed by atoms with Crippen molar-refractivity contribution in [1.82, 2.24) is 14.8 Å². The summed E-state index contributed by atoms with van der Waals surface area (Å²) in [5.41, 5.74) is 9.62. The fraction of sp³-hybridized carbons (Fsp3) is 0. The van der Waals surface area contributed by atoms with Gasteiger partial charge in [0.1, 0.15) is 0 Å². The van der Waals surface area contributed by atoms with Crippen molar-refractivity contribution in [1.29, 1.82) is 0 Å². The van der Waals surface area contributed by atoms with Crippen molar-refractivity contribution in [2.24, 2.45) is 0 Å². The number of nitrogens with zero attached hydrogens (tertiary/aromatic N) is 3. The van der Waals surface area contributed by atoms with Crippen LogP contribution in [0.3, 0.4) is 0 Å². The van der Waals surface area contributed by atoms with Crippen LogP contribution in [0, 0.1) is 0 Å². The molecule has 3 aromatic rings. The second-order valence-electron chi connectivity index (χ2n) is 3.97. The predicted octanol–water partition coefficient (Wildman–Crippen LogP) is 2.52. The Bertz CT molecular complexity index is 658. The van der Waals surface area contributed by atoms with Gasteiger partial charge in [0.15, 0.2) is 0 Å². The summed E-state index contributed by atoms with van der Waals surface area (Å²) >= 11 is 0. The second-order valence-corrected chi connectivity index (χ2v) is 3.97. The molecular formula is C14H12N4. The Labute approximate surface area is 105 Å². The first-order valence-electron chi connectivity index (χ1n) is 5.64. The Hall–Kier alpha value is -2.62. The molecule has 0 aliphatic rings. The summed E-state index contributed by atoms with van der Waals surface area (Å²) in [6, 6.07) is 11.6. The standard InChI is InChI=1S/C14H12N4/c15-14-6-2-1-5-13(14)11-8-17-18(10-11)12-4-3-7-16-9-12/h1-10H,15H2. The normalized spacial score (nSPS) is 10.4. The monoisotopic (exact) mass is 236 g/mol. The molecule has 0 saturated carbocycles. The fourth-order valence-corrected chi connectivity index (χ4v) is 1.85. The van der Waals surface area contributed by atoms with Crippen LogP contribution >= 0.6 is 0 Å². The zero-order chi connectivity index (χ0) is 12.4. The van der Waals surface area contributed by atoms with E-state index in [4.69, 9.17) is 5.73 Å². The van der Waals surface area contributed by atoms with Crippen molar-refractivity contribution < 1.29 is 0 Å². The van der Waals surface area contributed by atoms with E-state index in [0.29, 0.717) is 0 Å². The van der Waals surface area contributed by atoms with E-state index >= 15 is 0 Å². The maximum atomic E-state index is 5.95. The number of anilines is 1. The summed E-state index contributed by atoms with van der Waals surface area (Å²) < 4.78 is 1.79. The Morgan fingerprint density at radius 1 is 1.00 bits per heavy atom. The third-order valence-corrected chi connectivity index (χ3v) is 2.76. The van der Waals surface area contributed by atoms with Crippen LogP contribution in [-0.2, 0) is 0 Å². The van der Waals surface area contributed by atoms with Gasteiger partial charge in [0, 0.05) is 29.2 Å². The van der Waals surface area contributed by atoms with Gasteiger partial charge in [0.2, 0.25) is 0 Å². The van der Waals surface area contributed by atoms with Gasteiger partial charge in [-0.3, -0.25) is 4.98 Å². The van der Waals surface area contributed by atoms with Crippen LogP contribution in [0.5, 0.6) is 0 Å². The molecule has 18 heavy (non-hydrogen) atoms. The molecule has 1 aromatic carbocycles. The topological polar surface area (TPSA) is 56.7 Å². The molecular weight excluding hydrogens is 224 g/mol. The summed E-state index contributed by atoms with van der Waals surface area (Å²) in [5, 5.41) is 4.33. The van der Waals surface area contributed by atoms with E-state index in [1.165, 1.54) is 0 Å². The third kappa shape index (κ3) is 1.84. The van der Waals surface area contributed by atoms with E-state index in [-0.39, 0.29) is 0 Å². The first kappa shape index (κ1) is 10.5. The second kappa shape index (κ2) is 4.33. The van der Waals surface area contributed by atoms with E-state index in [9.17, 15) is 0 Å². The van der Waals surface area contributed by atoms with E-state index < -0.39 is 0 Å². The van der Waals surface area contributed by atoms with E-state index in [1.54, 1.807) is 23.3 Å². The highest BCUT2D eigenvalue weighted by atomic mass is 15.3. The van der Waals surface area contributed by atoms with Gasteiger partial charge in [-0.05, 0) is 18.2 Å². The molecule has 3 rings (SSSR count).